The molecule has 0 bridgehead atoms. The zero-order valence-corrected chi connectivity index (χ0v) is 15.3. The van der Waals surface area contributed by atoms with Gasteiger partial charge in [0.25, 0.3) is 0 Å². The van der Waals surface area contributed by atoms with Gasteiger partial charge in [0.15, 0.2) is 5.96 Å². The number of benzene rings is 2. The summed E-state index contributed by atoms with van der Waals surface area (Å²) in [6, 6.07) is 15.2. The minimum Gasteiger partial charge on any atom is -0.497 e. The van der Waals surface area contributed by atoms with Gasteiger partial charge >= 0.3 is 0 Å². The van der Waals surface area contributed by atoms with Crippen LogP contribution < -0.4 is 21.1 Å². The van der Waals surface area contributed by atoms with E-state index in [4.69, 9.17) is 10.5 Å². The fourth-order valence-electron chi connectivity index (χ4n) is 2.40. The molecule has 0 aliphatic rings. The Morgan fingerprint density at radius 2 is 1.69 bits per heavy atom. The van der Waals surface area contributed by atoms with E-state index in [-0.39, 0.29) is 0 Å². The van der Waals surface area contributed by atoms with Crippen LogP contribution in [0.15, 0.2) is 53.5 Å². The second-order valence-corrected chi connectivity index (χ2v) is 5.78. The topological polar surface area (TPSA) is 88.7 Å². The number of nitrogens with one attached hydrogen (secondary N) is 2. The van der Waals surface area contributed by atoms with Crippen LogP contribution in [0.1, 0.15) is 28.4 Å². The molecule has 0 spiro atoms. The number of carbonyl (C=O) groups is 1. The Kier molecular flexibility index (Phi) is 7.49. The van der Waals surface area contributed by atoms with E-state index in [2.05, 4.69) is 27.8 Å². The Morgan fingerprint density at radius 1 is 1.04 bits per heavy atom. The van der Waals surface area contributed by atoms with Crippen molar-refractivity contribution < 1.29 is 9.53 Å². The lowest BCUT2D eigenvalue weighted by molar-refractivity contribution is 0.100. The molecule has 0 aliphatic carbocycles. The van der Waals surface area contributed by atoms with Gasteiger partial charge in [0, 0.05) is 18.7 Å². The molecule has 0 atom stereocenters. The molecular formula is C20H26N4O2. The van der Waals surface area contributed by atoms with Crippen LogP contribution in [0.5, 0.6) is 5.75 Å². The van der Waals surface area contributed by atoms with Crippen molar-refractivity contribution in [3.8, 4) is 5.75 Å². The van der Waals surface area contributed by atoms with Crippen LogP contribution in [0.25, 0.3) is 0 Å². The number of rotatable bonds is 8. The zero-order valence-electron chi connectivity index (χ0n) is 15.3. The second kappa shape index (κ2) is 10.1. The van der Waals surface area contributed by atoms with Crippen LogP contribution in [-0.2, 0) is 13.0 Å². The third-order valence-electron chi connectivity index (χ3n) is 3.87. The molecule has 0 unspecified atom stereocenters. The van der Waals surface area contributed by atoms with Crippen molar-refractivity contribution in [1.82, 2.24) is 10.6 Å². The monoisotopic (exact) mass is 354 g/mol. The Bertz CT molecular complexity index is 724. The number of amides is 1. The van der Waals surface area contributed by atoms with E-state index >= 15 is 0 Å². The molecule has 1 amide bonds. The predicted molar refractivity (Wildman–Crippen MR) is 104 cm³/mol. The van der Waals surface area contributed by atoms with Crippen molar-refractivity contribution in [2.75, 3.05) is 20.2 Å². The summed E-state index contributed by atoms with van der Waals surface area (Å²) in [7, 11) is 1.66. The van der Waals surface area contributed by atoms with Gasteiger partial charge in [-0.3, -0.25) is 4.79 Å². The summed E-state index contributed by atoms with van der Waals surface area (Å²) in [5.41, 5.74) is 8.00. The van der Waals surface area contributed by atoms with Gasteiger partial charge in [-0.15, -0.1) is 0 Å². The van der Waals surface area contributed by atoms with Crippen LogP contribution in [0.4, 0.5) is 0 Å². The summed E-state index contributed by atoms with van der Waals surface area (Å²) in [4.78, 5) is 15.7. The number of guanidine groups is 1. The van der Waals surface area contributed by atoms with Crippen LogP contribution >= 0.6 is 0 Å². The smallest absolute Gasteiger partial charge is 0.248 e. The molecule has 0 saturated heterocycles. The van der Waals surface area contributed by atoms with E-state index in [9.17, 15) is 4.79 Å². The fraction of sp³-hybridized carbons (Fsp3) is 0.300. The third-order valence-corrected chi connectivity index (χ3v) is 3.87. The molecule has 0 aromatic heterocycles. The normalized spacial score (nSPS) is 11.1. The van der Waals surface area contributed by atoms with Gasteiger partial charge in [-0.25, -0.2) is 4.99 Å². The standard InChI is InChI=1S/C20H26N4O2/c1-3-22-20(23-13-12-15-6-10-18(26-2)11-7-15)24-14-16-4-8-17(9-5-16)19(21)25/h4-11H,3,12-14H2,1-2H3,(H2,21,25)(H2,22,23,24). The summed E-state index contributed by atoms with van der Waals surface area (Å²) in [6.07, 6.45) is 0.891. The SMILES string of the molecule is CCNC(=NCc1ccc(C(N)=O)cc1)NCCc1ccc(OC)cc1. The summed E-state index contributed by atoms with van der Waals surface area (Å²) in [6.45, 7) is 4.12. The first-order valence-electron chi connectivity index (χ1n) is 8.66. The summed E-state index contributed by atoms with van der Waals surface area (Å²) < 4.78 is 5.17. The highest BCUT2D eigenvalue weighted by Crippen LogP contribution is 2.11. The molecule has 6 nitrogen and oxygen atoms in total. The van der Waals surface area contributed by atoms with Crippen LogP contribution in [0.3, 0.4) is 0 Å². The molecule has 0 radical (unpaired) electrons. The van der Waals surface area contributed by atoms with Crippen molar-refractivity contribution in [2.24, 2.45) is 10.7 Å². The number of methoxy groups -OCH3 is 1. The molecule has 2 aromatic carbocycles. The highest BCUT2D eigenvalue weighted by molar-refractivity contribution is 5.92. The minimum atomic E-state index is -0.423. The molecule has 0 aliphatic heterocycles. The third kappa shape index (κ3) is 6.12. The highest BCUT2D eigenvalue weighted by atomic mass is 16.5. The molecule has 6 heteroatoms. The number of carbonyl (C=O) groups excluding carboxylic acids is 1. The predicted octanol–water partition coefficient (Wildman–Crippen LogP) is 2.09. The molecule has 2 aromatic rings. The van der Waals surface area contributed by atoms with E-state index in [0.717, 1.165) is 36.8 Å². The minimum absolute atomic E-state index is 0.423. The first-order valence-corrected chi connectivity index (χ1v) is 8.66. The van der Waals surface area contributed by atoms with Crippen LogP contribution in [0, 0.1) is 0 Å². The Balaban J connectivity index is 1.87. The largest absolute Gasteiger partial charge is 0.497 e. The molecule has 0 heterocycles. The van der Waals surface area contributed by atoms with E-state index in [1.54, 1.807) is 19.2 Å². The van der Waals surface area contributed by atoms with Crippen molar-refractivity contribution in [3.63, 3.8) is 0 Å². The lowest BCUT2D eigenvalue weighted by atomic mass is 10.1. The first-order chi connectivity index (χ1) is 12.6. The number of aliphatic imine (C=N–C) groups is 1. The summed E-state index contributed by atoms with van der Waals surface area (Å²) in [5, 5.41) is 6.56. The Hall–Kier alpha value is -3.02. The van der Waals surface area contributed by atoms with Crippen molar-refractivity contribution in [1.29, 1.82) is 0 Å². The van der Waals surface area contributed by atoms with Crippen molar-refractivity contribution in [3.05, 3.63) is 65.2 Å². The fourth-order valence-corrected chi connectivity index (χ4v) is 2.40. The lowest BCUT2D eigenvalue weighted by Crippen LogP contribution is -2.38. The van der Waals surface area contributed by atoms with Crippen LogP contribution in [-0.4, -0.2) is 32.1 Å². The van der Waals surface area contributed by atoms with E-state index in [0.29, 0.717) is 12.1 Å². The summed E-state index contributed by atoms with van der Waals surface area (Å²) in [5.74, 6) is 1.20. The molecule has 26 heavy (non-hydrogen) atoms. The quantitative estimate of drug-likeness (QED) is 0.500. The highest BCUT2D eigenvalue weighted by Gasteiger charge is 2.01. The molecule has 138 valence electrons. The van der Waals surface area contributed by atoms with Gasteiger partial charge in [-0.05, 0) is 48.7 Å². The number of ether oxygens (including phenoxy) is 1. The van der Waals surface area contributed by atoms with E-state index in [1.165, 1.54) is 5.56 Å². The first kappa shape index (κ1) is 19.3. The number of nitrogens with zero attached hydrogens (tertiary/aromatic N) is 1. The van der Waals surface area contributed by atoms with E-state index in [1.807, 2.05) is 31.2 Å². The summed E-state index contributed by atoms with van der Waals surface area (Å²) >= 11 is 0. The second-order valence-electron chi connectivity index (χ2n) is 5.78. The molecule has 2 rings (SSSR count). The van der Waals surface area contributed by atoms with Crippen molar-refractivity contribution in [2.45, 2.75) is 19.9 Å². The molecule has 4 N–H and O–H groups in total. The average molecular weight is 354 g/mol. The average Bonchev–Trinajstić information content (AvgIpc) is 2.67. The zero-order chi connectivity index (χ0) is 18.8. The number of nitrogens with two attached hydrogens (primary N) is 1. The van der Waals surface area contributed by atoms with Gasteiger partial charge < -0.3 is 21.1 Å². The van der Waals surface area contributed by atoms with Crippen LogP contribution in [0.2, 0.25) is 0 Å². The molecule has 0 saturated carbocycles. The number of primary amides is 1. The Labute approximate surface area is 154 Å². The lowest BCUT2D eigenvalue weighted by Gasteiger charge is -2.11. The molecular weight excluding hydrogens is 328 g/mol. The van der Waals surface area contributed by atoms with E-state index < -0.39 is 5.91 Å². The maximum atomic E-state index is 11.1. The Morgan fingerprint density at radius 3 is 2.27 bits per heavy atom. The van der Waals surface area contributed by atoms with Gasteiger partial charge in [0.1, 0.15) is 5.75 Å². The van der Waals surface area contributed by atoms with Gasteiger partial charge in [0.2, 0.25) is 5.91 Å². The van der Waals surface area contributed by atoms with Gasteiger partial charge in [-0.1, -0.05) is 24.3 Å². The van der Waals surface area contributed by atoms with Gasteiger partial charge in [-0.2, -0.15) is 0 Å². The van der Waals surface area contributed by atoms with Crippen molar-refractivity contribution >= 4 is 11.9 Å². The number of hydrogen-bond acceptors (Lipinski definition) is 3. The van der Waals surface area contributed by atoms with Gasteiger partial charge in [0.05, 0.1) is 13.7 Å². The maximum Gasteiger partial charge on any atom is 0.248 e. The molecule has 0 fully saturated rings. The maximum absolute atomic E-state index is 11.1. The number of hydrogen-bond donors (Lipinski definition) is 3.